The number of fused-ring (bicyclic) bond motifs is 2. The third-order valence-electron chi connectivity index (χ3n) is 5.62. The van der Waals surface area contributed by atoms with Gasteiger partial charge in [0.25, 0.3) is 5.91 Å². The molecule has 1 aromatic heterocycles. The SMILES string of the molecule is Cc1cc2oc3c(c(=O)c2cc1C)[C@@H](c1ccc(Br)cc1)N(CC[NH+](C)C)C3=O. The highest BCUT2D eigenvalue weighted by molar-refractivity contribution is 9.10. The highest BCUT2D eigenvalue weighted by Crippen LogP contribution is 2.38. The van der Waals surface area contributed by atoms with Crippen molar-refractivity contribution in [1.82, 2.24) is 4.90 Å². The zero-order valence-corrected chi connectivity index (χ0v) is 18.6. The lowest BCUT2D eigenvalue weighted by atomic mass is 9.97. The molecule has 0 spiro atoms. The van der Waals surface area contributed by atoms with Crippen LogP contribution in [0.15, 0.2) is 50.1 Å². The molecule has 0 bridgehead atoms. The van der Waals surface area contributed by atoms with E-state index in [9.17, 15) is 9.59 Å². The average molecular weight is 456 g/mol. The van der Waals surface area contributed by atoms with Gasteiger partial charge in [0, 0.05) is 4.47 Å². The van der Waals surface area contributed by atoms with Crippen LogP contribution in [0.3, 0.4) is 0 Å². The molecule has 2 aromatic carbocycles. The van der Waals surface area contributed by atoms with Crippen molar-refractivity contribution in [2.75, 3.05) is 27.2 Å². The van der Waals surface area contributed by atoms with Gasteiger partial charge in [-0.1, -0.05) is 28.1 Å². The quantitative estimate of drug-likeness (QED) is 0.657. The van der Waals surface area contributed by atoms with E-state index in [2.05, 4.69) is 15.9 Å². The van der Waals surface area contributed by atoms with Crippen LogP contribution in [0.5, 0.6) is 0 Å². The van der Waals surface area contributed by atoms with Gasteiger partial charge in [0.05, 0.1) is 44.2 Å². The Balaban J connectivity index is 1.96. The van der Waals surface area contributed by atoms with Crippen LogP contribution in [-0.4, -0.2) is 38.0 Å². The number of halogens is 1. The zero-order valence-electron chi connectivity index (χ0n) is 17.0. The van der Waals surface area contributed by atoms with Crippen molar-refractivity contribution in [3.8, 4) is 0 Å². The Labute approximate surface area is 178 Å². The van der Waals surface area contributed by atoms with E-state index in [4.69, 9.17) is 4.42 Å². The number of nitrogens with zero attached hydrogens (tertiary/aromatic N) is 1. The minimum absolute atomic E-state index is 0.120. The van der Waals surface area contributed by atoms with Gasteiger partial charge in [0.1, 0.15) is 5.58 Å². The Bertz CT molecular complexity index is 1170. The molecule has 0 saturated heterocycles. The first-order chi connectivity index (χ1) is 13.8. The largest absolute Gasteiger partial charge is 0.450 e. The summed E-state index contributed by atoms with van der Waals surface area (Å²) in [5.41, 5.74) is 3.77. The fourth-order valence-electron chi connectivity index (χ4n) is 3.84. The molecule has 4 rings (SSSR count). The molecule has 0 saturated carbocycles. The Hall–Kier alpha value is -2.44. The molecule has 0 aliphatic carbocycles. The van der Waals surface area contributed by atoms with Crippen molar-refractivity contribution < 1.29 is 14.1 Å². The number of aryl methyl sites for hydroxylation is 2. The number of carbonyl (C=O) groups excluding carboxylic acids is 1. The molecule has 1 aliphatic heterocycles. The van der Waals surface area contributed by atoms with Gasteiger partial charge in [-0.25, -0.2) is 0 Å². The molecule has 0 radical (unpaired) electrons. The minimum Gasteiger partial charge on any atom is -0.450 e. The summed E-state index contributed by atoms with van der Waals surface area (Å²) >= 11 is 3.46. The summed E-state index contributed by atoms with van der Waals surface area (Å²) in [6, 6.07) is 11.1. The number of amides is 1. The van der Waals surface area contributed by atoms with Crippen LogP contribution in [0, 0.1) is 13.8 Å². The zero-order chi connectivity index (χ0) is 20.9. The number of likely N-dealkylation sites (N-methyl/N-ethyl adjacent to an activating group) is 1. The molecule has 150 valence electrons. The van der Waals surface area contributed by atoms with E-state index in [-0.39, 0.29) is 17.1 Å². The van der Waals surface area contributed by atoms with Crippen molar-refractivity contribution >= 4 is 32.8 Å². The minimum atomic E-state index is -0.438. The van der Waals surface area contributed by atoms with Gasteiger partial charge in [0.15, 0.2) is 5.43 Å². The highest BCUT2D eigenvalue weighted by Gasteiger charge is 2.42. The smallest absolute Gasteiger partial charge is 0.291 e. The molecule has 29 heavy (non-hydrogen) atoms. The fraction of sp³-hybridized carbons (Fsp3) is 0.304. The Morgan fingerprint density at radius 2 is 1.72 bits per heavy atom. The predicted octanol–water partition coefficient (Wildman–Crippen LogP) is 2.86. The van der Waals surface area contributed by atoms with E-state index in [1.807, 2.05) is 64.3 Å². The van der Waals surface area contributed by atoms with E-state index in [0.717, 1.165) is 27.7 Å². The lowest BCUT2D eigenvalue weighted by molar-refractivity contribution is -0.857. The van der Waals surface area contributed by atoms with Crippen molar-refractivity contribution in [3.63, 3.8) is 0 Å². The third-order valence-corrected chi connectivity index (χ3v) is 6.15. The molecule has 1 atom stereocenters. The summed E-state index contributed by atoms with van der Waals surface area (Å²) in [7, 11) is 4.09. The monoisotopic (exact) mass is 455 g/mol. The first kappa shape index (κ1) is 19.9. The summed E-state index contributed by atoms with van der Waals surface area (Å²) in [4.78, 5) is 29.8. The van der Waals surface area contributed by atoms with Crippen LogP contribution >= 0.6 is 15.9 Å². The van der Waals surface area contributed by atoms with Gasteiger partial charge in [-0.05, 0) is 54.8 Å². The summed E-state index contributed by atoms with van der Waals surface area (Å²) in [5, 5.41) is 0.529. The van der Waals surface area contributed by atoms with Crippen LogP contribution in [-0.2, 0) is 0 Å². The first-order valence-electron chi connectivity index (χ1n) is 9.71. The van der Waals surface area contributed by atoms with Crippen LogP contribution < -0.4 is 10.3 Å². The number of carbonyl (C=O) groups is 1. The van der Waals surface area contributed by atoms with Gasteiger partial charge in [0.2, 0.25) is 5.76 Å². The van der Waals surface area contributed by atoms with Crippen LogP contribution in [0.1, 0.15) is 38.9 Å². The number of rotatable bonds is 4. The molecular formula is C23H24BrN2O3+. The van der Waals surface area contributed by atoms with Crippen LogP contribution in [0.4, 0.5) is 0 Å². The molecule has 1 N–H and O–H groups in total. The highest BCUT2D eigenvalue weighted by atomic mass is 79.9. The van der Waals surface area contributed by atoms with E-state index in [1.54, 1.807) is 4.90 Å². The second kappa shape index (κ2) is 7.43. The lowest BCUT2D eigenvalue weighted by Crippen LogP contribution is -3.06. The van der Waals surface area contributed by atoms with Gasteiger partial charge >= 0.3 is 0 Å². The average Bonchev–Trinajstić information content (AvgIpc) is 2.95. The van der Waals surface area contributed by atoms with E-state index in [0.29, 0.717) is 23.1 Å². The number of nitrogens with one attached hydrogen (secondary N) is 1. The Morgan fingerprint density at radius 3 is 2.38 bits per heavy atom. The number of hydrogen-bond donors (Lipinski definition) is 1. The maximum absolute atomic E-state index is 13.5. The maximum atomic E-state index is 13.5. The van der Waals surface area contributed by atoms with Gasteiger partial charge in [-0.2, -0.15) is 0 Å². The topological polar surface area (TPSA) is 55.0 Å². The summed E-state index contributed by atoms with van der Waals surface area (Å²) in [5.74, 6) is -0.0428. The molecule has 0 fully saturated rings. The second-order valence-electron chi connectivity index (χ2n) is 8.02. The molecule has 1 aliphatic rings. The molecule has 3 aromatic rings. The molecule has 0 unspecified atom stereocenters. The van der Waals surface area contributed by atoms with Gasteiger partial charge < -0.3 is 14.2 Å². The summed E-state index contributed by atoms with van der Waals surface area (Å²) in [6.45, 7) is 5.27. The molecule has 1 amide bonds. The second-order valence-corrected chi connectivity index (χ2v) is 8.93. The van der Waals surface area contributed by atoms with E-state index < -0.39 is 6.04 Å². The fourth-order valence-corrected chi connectivity index (χ4v) is 4.11. The molecule has 5 nitrogen and oxygen atoms in total. The van der Waals surface area contributed by atoms with Crippen molar-refractivity contribution in [2.45, 2.75) is 19.9 Å². The van der Waals surface area contributed by atoms with Crippen LogP contribution in [0.2, 0.25) is 0 Å². The number of hydrogen-bond acceptors (Lipinski definition) is 3. The Kier molecular flexibility index (Phi) is 5.09. The molecule has 2 heterocycles. The van der Waals surface area contributed by atoms with E-state index >= 15 is 0 Å². The normalized spacial score (nSPS) is 16.1. The number of benzene rings is 2. The standard InChI is InChI=1S/C23H23BrN2O3/c1-13-11-17-18(12-14(13)2)29-22-19(21(17)27)20(15-5-7-16(24)8-6-15)26(23(22)28)10-9-25(3)4/h5-8,11-12,20H,9-10H2,1-4H3/p+1/t20-/m1/s1. The Morgan fingerprint density at radius 1 is 1.07 bits per heavy atom. The third kappa shape index (κ3) is 3.40. The van der Waals surface area contributed by atoms with Gasteiger partial charge in [-0.3, -0.25) is 9.59 Å². The summed E-state index contributed by atoms with van der Waals surface area (Å²) in [6.07, 6.45) is 0. The lowest BCUT2D eigenvalue weighted by Gasteiger charge is -2.25. The van der Waals surface area contributed by atoms with Crippen LogP contribution in [0.25, 0.3) is 11.0 Å². The van der Waals surface area contributed by atoms with Crippen molar-refractivity contribution in [2.24, 2.45) is 0 Å². The number of quaternary nitrogens is 1. The molecular weight excluding hydrogens is 432 g/mol. The molecule has 6 heteroatoms. The first-order valence-corrected chi connectivity index (χ1v) is 10.5. The summed E-state index contributed by atoms with van der Waals surface area (Å²) < 4.78 is 6.99. The maximum Gasteiger partial charge on any atom is 0.291 e. The van der Waals surface area contributed by atoms with Crippen molar-refractivity contribution in [3.05, 3.63) is 79.1 Å². The van der Waals surface area contributed by atoms with Crippen molar-refractivity contribution in [1.29, 1.82) is 0 Å². The van der Waals surface area contributed by atoms with E-state index in [1.165, 1.54) is 4.90 Å². The predicted molar refractivity (Wildman–Crippen MR) is 117 cm³/mol. The van der Waals surface area contributed by atoms with Gasteiger partial charge in [-0.15, -0.1) is 0 Å².